The van der Waals surface area contributed by atoms with Crippen LogP contribution in [0.15, 0.2) is 59.0 Å². The first kappa shape index (κ1) is 18.9. The van der Waals surface area contributed by atoms with Crippen molar-refractivity contribution in [1.29, 1.82) is 0 Å². The fourth-order valence-electron chi connectivity index (χ4n) is 2.49. The highest BCUT2D eigenvalue weighted by Crippen LogP contribution is 2.30. The Balaban J connectivity index is 1.43. The average molecular weight is 448 g/mol. The quantitative estimate of drug-likeness (QED) is 0.377. The molecule has 0 saturated carbocycles. The Bertz CT molecular complexity index is 1190. The third kappa shape index (κ3) is 4.02. The summed E-state index contributed by atoms with van der Waals surface area (Å²) in [6.07, 6.45) is 0. The number of thiazole rings is 1. The summed E-state index contributed by atoms with van der Waals surface area (Å²) in [4.78, 5) is 16.8. The summed E-state index contributed by atoms with van der Waals surface area (Å²) in [6, 6.07) is 16.0. The molecule has 1 amide bonds. The molecule has 0 aliphatic rings. The lowest BCUT2D eigenvalue weighted by atomic mass is 10.2. The van der Waals surface area contributed by atoms with Gasteiger partial charge >= 0.3 is 0 Å². The van der Waals surface area contributed by atoms with Crippen molar-refractivity contribution in [3.05, 3.63) is 70.4 Å². The van der Waals surface area contributed by atoms with Crippen molar-refractivity contribution in [2.45, 2.75) is 0 Å². The van der Waals surface area contributed by atoms with E-state index in [1.165, 1.54) is 11.3 Å². The van der Waals surface area contributed by atoms with Gasteiger partial charge in [0, 0.05) is 10.6 Å². The van der Waals surface area contributed by atoms with Crippen molar-refractivity contribution >= 4 is 73.1 Å². The number of furan rings is 1. The van der Waals surface area contributed by atoms with E-state index in [1.54, 1.807) is 30.3 Å². The van der Waals surface area contributed by atoms with Gasteiger partial charge < -0.3 is 9.73 Å². The van der Waals surface area contributed by atoms with Gasteiger partial charge in [-0.2, -0.15) is 0 Å². The monoisotopic (exact) mass is 447 g/mol. The Hall–Kier alpha value is -2.45. The number of anilines is 1. The zero-order valence-electron chi connectivity index (χ0n) is 14.0. The molecule has 5 nitrogen and oxygen atoms in total. The summed E-state index contributed by atoms with van der Waals surface area (Å²) < 4.78 is 6.53. The number of rotatable bonds is 3. The van der Waals surface area contributed by atoms with Crippen LogP contribution >= 0.6 is 46.8 Å². The number of nitrogens with zero attached hydrogens (tertiary/aromatic N) is 1. The molecule has 0 saturated heterocycles. The molecule has 0 unspecified atom stereocenters. The molecule has 2 N–H and O–H groups in total. The summed E-state index contributed by atoms with van der Waals surface area (Å²) in [6.45, 7) is 0. The van der Waals surface area contributed by atoms with E-state index in [1.807, 2.05) is 24.3 Å². The molecule has 0 atom stereocenters. The summed E-state index contributed by atoms with van der Waals surface area (Å²) in [5.74, 6) is 0.236. The number of hydrogen-bond donors (Lipinski definition) is 2. The smallest absolute Gasteiger partial charge is 0.293 e. The summed E-state index contributed by atoms with van der Waals surface area (Å²) in [7, 11) is 0. The molecule has 0 bridgehead atoms. The molecule has 28 heavy (non-hydrogen) atoms. The fourth-order valence-corrected chi connectivity index (χ4v) is 4.04. The van der Waals surface area contributed by atoms with E-state index < -0.39 is 5.91 Å². The Morgan fingerprint density at radius 1 is 1.07 bits per heavy atom. The third-order valence-electron chi connectivity index (χ3n) is 3.78. The normalized spacial score (nSPS) is 10.8. The molecule has 4 rings (SSSR count). The maximum atomic E-state index is 12.4. The first-order chi connectivity index (χ1) is 13.5. The number of benzene rings is 2. The highest BCUT2D eigenvalue weighted by Gasteiger charge is 2.15. The second-order valence-corrected chi connectivity index (χ2v) is 7.97. The lowest BCUT2D eigenvalue weighted by Gasteiger charge is -2.05. The Labute approximate surface area is 179 Å². The Morgan fingerprint density at radius 2 is 1.86 bits per heavy atom. The van der Waals surface area contributed by atoms with Crippen LogP contribution in [0.3, 0.4) is 0 Å². The zero-order valence-corrected chi connectivity index (χ0v) is 17.2. The number of fused-ring (bicyclic) bond motifs is 1. The van der Waals surface area contributed by atoms with Crippen LogP contribution in [0.4, 0.5) is 5.13 Å². The minimum atomic E-state index is -0.461. The molecule has 0 spiro atoms. The summed E-state index contributed by atoms with van der Waals surface area (Å²) in [5, 5.41) is 7.31. The first-order valence-electron chi connectivity index (χ1n) is 8.03. The van der Waals surface area contributed by atoms with Crippen LogP contribution in [-0.4, -0.2) is 16.0 Å². The zero-order chi connectivity index (χ0) is 19.7. The van der Waals surface area contributed by atoms with Gasteiger partial charge in [-0.05, 0) is 60.7 Å². The predicted molar refractivity (Wildman–Crippen MR) is 117 cm³/mol. The minimum absolute atomic E-state index is 0.115. The number of amides is 1. The molecule has 0 aliphatic heterocycles. The number of carbonyl (C=O) groups excluding carboxylic acids is 1. The van der Waals surface area contributed by atoms with Crippen molar-refractivity contribution in [1.82, 2.24) is 10.3 Å². The van der Waals surface area contributed by atoms with Gasteiger partial charge in [-0.15, -0.1) is 0 Å². The van der Waals surface area contributed by atoms with Gasteiger partial charge in [-0.3, -0.25) is 10.1 Å². The van der Waals surface area contributed by atoms with Crippen LogP contribution in [0.5, 0.6) is 0 Å². The van der Waals surface area contributed by atoms with Crippen LogP contribution in [0.1, 0.15) is 10.6 Å². The number of thiocarbonyl (C=S) groups is 1. The third-order valence-corrected chi connectivity index (χ3v) is 5.47. The molecule has 9 heteroatoms. The highest BCUT2D eigenvalue weighted by atomic mass is 35.5. The van der Waals surface area contributed by atoms with E-state index in [2.05, 4.69) is 15.6 Å². The van der Waals surface area contributed by atoms with E-state index >= 15 is 0 Å². The lowest BCUT2D eigenvalue weighted by Crippen LogP contribution is -2.33. The molecule has 4 aromatic rings. The predicted octanol–water partition coefficient (Wildman–Crippen LogP) is 5.99. The molecule has 2 aromatic carbocycles. The van der Waals surface area contributed by atoms with Gasteiger partial charge in [0.2, 0.25) is 0 Å². The van der Waals surface area contributed by atoms with Crippen molar-refractivity contribution in [3.8, 4) is 11.3 Å². The highest BCUT2D eigenvalue weighted by molar-refractivity contribution is 7.80. The molecular weight excluding hydrogens is 437 g/mol. The van der Waals surface area contributed by atoms with Crippen LogP contribution < -0.4 is 10.6 Å². The molecular formula is C19H11Cl2N3O2S2. The van der Waals surface area contributed by atoms with Gasteiger partial charge in [0.15, 0.2) is 16.0 Å². The van der Waals surface area contributed by atoms with Gasteiger partial charge in [0.25, 0.3) is 5.91 Å². The van der Waals surface area contributed by atoms with E-state index in [-0.39, 0.29) is 10.9 Å². The maximum absolute atomic E-state index is 12.4. The number of nitrogens with one attached hydrogen (secondary N) is 2. The average Bonchev–Trinajstić information content (AvgIpc) is 3.30. The molecule has 0 fully saturated rings. The van der Waals surface area contributed by atoms with Crippen molar-refractivity contribution in [2.24, 2.45) is 0 Å². The standard InChI is InChI=1S/C19H11Cl2N3O2S2/c20-11-6-4-10(5-7-11)13-8-9-14(26-13)17(25)23-18(27)24-19-22-16-12(21)2-1-3-15(16)28-19/h1-9H,(H2,22,23,24,25,27). The van der Waals surface area contributed by atoms with E-state index in [0.29, 0.717) is 26.5 Å². The Morgan fingerprint density at radius 3 is 2.61 bits per heavy atom. The topological polar surface area (TPSA) is 67.2 Å². The van der Waals surface area contributed by atoms with E-state index in [9.17, 15) is 4.79 Å². The Kier molecular flexibility index (Phi) is 5.32. The summed E-state index contributed by atoms with van der Waals surface area (Å²) >= 11 is 18.6. The molecule has 2 heterocycles. The second-order valence-electron chi connectivity index (χ2n) is 5.68. The van der Waals surface area contributed by atoms with E-state index in [4.69, 9.17) is 39.8 Å². The van der Waals surface area contributed by atoms with Gasteiger partial charge in [0.1, 0.15) is 11.3 Å². The van der Waals surface area contributed by atoms with E-state index in [0.717, 1.165) is 10.3 Å². The van der Waals surface area contributed by atoms with Crippen LogP contribution in [0.25, 0.3) is 21.5 Å². The van der Waals surface area contributed by atoms with Gasteiger partial charge in [-0.1, -0.05) is 40.6 Å². The van der Waals surface area contributed by atoms with Crippen LogP contribution in [0, 0.1) is 0 Å². The number of hydrogen-bond acceptors (Lipinski definition) is 5. The van der Waals surface area contributed by atoms with Crippen LogP contribution in [-0.2, 0) is 0 Å². The number of halogens is 2. The number of carbonyl (C=O) groups is 1. The molecule has 0 aliphatic carbocycles. The van der Waals surface area contributed by atoms with Crippen molar-refractivity contribution in [3.63, 3.8) is 0 Å². The van der Waals surface area contributed by atoms with Gasteiger partial charge in [0.05, 0.1) is 9.72 Å². The maximum Gasteiger partial charge on any atom is 0.293 e. The van der Waals surface area contributed by atoms with Crippen molar-refractivity contribution < 1.29 is 9.21 Å². The summed E-state index contributed by atoms with van der Waals surface area (Å²) in [5.41, 5.74) is 1.50. The molecule has 0 radical (unpaired) electrons. The number of para-hydroxylation sites is 1. The molecule has 2 aromatic heterocycles. The first-order valence-corrected chi connectivity index (χ1v) is 10.0. The van der Waals surface area contributed by atoms with Crippen LogP contribution in [0.2, 0.25) is 10.0 Å². The molecule has 140 valence electrons. The minimum Gasteiger partial charge on any atom is -0.451 e. The second kappa shape index (κ2) is 7.89. The largest absolute Gasteiger partial charge is 0.451 e. The lowest BCUT2D eigenvalue weighted by molar-refractivity contribution is 0.0951. The van der Waals surface area contributed by atoms with Gasteiger partial charge in [-0.25, -0.2) is 4.98 Å². The fraction of sp³-hybridized carbons (Fsp3) is 0. The van der Waals surface area contributed by atoms with Crippen molar-refractivity contribution in [2.75, 3.05) is 5.32 Å². The number of aromatic nitrogens is 1. The SMILES string of the molecule is O=C(NC(=S)Nc1nc2c(Cl)cccc2s1)c1ccc(-c2ccc(Cl)cc2)o1.